The van der Waals surface area contributed by atoms with Crippen LogP contribution in [0.2, 0.25) is 0 Å². The van der Waals surface area contributed by atoms with Crippen molar-refractivity contribution in [2.45, 2.75) is 19.3 Å². The molecule has 1 aliphatic heterocycles. The van der Waals surface area contributed by atoms with Crippen LogP contribution in [-0.2, 0) is 14.4 Å². The van der Waals surface area contributed by atoms with Crippen molar-refractivity contribution >= 4 is 23.3 Å². The number of amides is 2. The fourth-order valence-corrected chi connectivity index (χ4v) is 4.31. The highest BCUT2D eigenvalue weighted by Crippen LogP contribution is 2.52. The van der Waals surface area contributed by atoms with Gasteiger partial charge in [-0.25, -0.2) is 18.1 Å². The minimum atomic E-state index is -1.65. The van der Waals surface area contributed by atoms with Crippen LogP contribution < -0.4 is 4.90 Å². The summed E-state index contributed by atoms with van der Waals surface area (Å²) in [5.41, 5.74) is -0.322. The highest BCUT2D eigenvalue weighted by atomic mass is 19.2. The molecule has 4 aliphatic rings. The predicted molar refractivity (Wildman–Crippen MR) is 71.6 cm³/mol. The van der Waals surface area contributed by atoms with E-state index < -0.39 is 47.0 Å². The lowest BCUT2D eigenvalue weighted by Gasteiger charge is -2.41. The van der Waals surface area contributed by atoms with E-state index in [0.29, 0.717) is 29.9 Å². The zero-order valence-electron chi connectivity index (χ0n) is 11.9. The molecule has 2 bridgehead atoms. The zero-order valence-corrected chi connectivity index (χ0v) is 11.9. The summed E-state index contributed by atoms with van der Waals surface area (Å²) in [7, 11) is 0. The molecule has 3 aliphatic carbocycles. The Balaban J connectivity index is 1.79. The third kappa shape index (κ3) is 1.82. The number of Topliss-reactive ketones (excluding diaryl/α,β-unsaturated/α-hetero) is 1. The van der Waals surface area contributed by atoms with E-state index in [4.69, 9.17) is 0 Å². The van der Waals surface area contributed by atoms with E-state index in [0.717, 1.165) is 0 Å². The molecule has 2 amide bonds. The van der Waals surface area contributed by atoms with Gasteiger partial charge in [0.2, 0.25) is 11.8 Å². The molecule has 1 aromatic carbocycles. The van der Waals surface area contributed by atoms with Crippen LogP contribution in [0.1, 0.15) is 19.3 Å². The van der Waals surface area contributed by atoms with Gasteiger partial charge in [-0.2, -0.15) is 0 Å². The zero-order chi connectivity index (χ0) is 16.5. The van der Waals surface area contributed by atoms with E-state index >= 15 is 0 Å². The number of halogens is 3. The standard InChI is InChI=1S/C16H12F3NO3/c17-9-4-7(5-10(18)14(9)19)20-15(22)12-6-1-2-8(11(21)3-6)13(12)16(20)23/h4-6,8,12-13H,1-3H2/t6-,8+,12+,13-/m0/s1. The fourth-order valence-electron chi connectivity index (χ4n) is 4.31. The Kier molecular flexibility index (Phi) is 2.92. The number of carbonyl (C=O) groups is 3. The second-order valence-electron chi connectivity index (χ2n) is 6.40. The maximum Gasteiger partial charge on any atom is 0.238 e. The van der Waals surface area contributed by atoms with Gasteiger partial charge in [0.05, 0.1) is 17.5 Å². The second-order valence-corrected chi connectivity index (χ2v) is 6.40. The molecule has 7 heteroatoms. The number of fused-ring (bicyclic) bond motifs is 2. The molecular weight excluding hydrogens is 311 g/mol. The number of nitrogens with zero attached hydrogens (tertiary/aromatic N) is 1. The van der Waals surface area contributed by atoms with Crippen molar-refractivity contribution in [3.63, 3.8) is 0 Å². The summed E-state index contributed by atoms with van der Waals surface area (Å²) in [4.78, 5) is 37.9. The Morgan fingerprint density at radius 1 is 0.913 bits per heavy atom. The Labute approximate surface area is 129 Å². The highest BCUT2D eigenvalue weighted by Gasteiger charge is 2.61. The lowest BCUT2D eigenvalue weighted by Crippen LogP contribution is -2.46. The number of hydrogen-bond acceptors (Lipinski definition) is 3. The third-order valence-electron chi connectivity index (χ3n) is 5.29. The summed E-state index contributed by atoms with van der Waals surface area (Å²) in [5.74, 6) is -7.84. The van der Waals surface area contributed by atoms with Gasteiger partial charge >= 0.3 is 0 Å². The molecule has 0 radical (unpaired) electrons. The number of anilines is 1. The largest absolute Gasteiger partial charge is 0.299 e. The Hall–Kier alpha value is -2.18. The van der Waals surface area contributed by atoms with Crippen molar-refractivity contribution in [2.75, 3.05) is 4.90 Å². The predicted octanol–water partition coefficient (Wildman–Crippen LogP) is 2.21. The molecule has 1 aromatic rings. The number of imide groups is 1. The van der Waals surface area contributed by atoms with Crippen molar-refractivity contribution in [3.05, 3.63) is 29.6 Å². The van der Waals surface area contributed by atoms with E-state index in [1.54, 1.807) is 0 Å². The molecule has 120 valence electrons. The number of rotatable bonds is 1. The normalized spacial score (nSPS) is 32.7. The molecule has 23 heavy (non-hydrogen) atoms. The average Bonchev–Trinajstić information content (AvgIpc) is 2.78. The van der Waals surface area contributed by atoms with Crippen LogP contribution >= 0.6 is 0 Å². The quantitative estimate of drug-likeness (QED) is 0.588. The van der Waals surface area contributed by atoms with Gasteiger partial charge in [0.1, 0.15) is 5.78 Å². The van der Waals surface area contributed by atoms with Gasteiger partial charge in [-0.15, -0.1) is 0 Å². The molecule has 0 aromatic heterocycles. The Morgan fingerprint density at radius 2 is 1.52 bits per heavy atom. The van der Waals surface area contributed by atoms with Crippen LogP contribution in [0.15, 0.2) is 12.1 Å². The molecule has 1 heterocycles. The minimum absolute atomic E-state index is 0.0260. The van der Waals surface area contributed by atoms with Crippen molar-refractivity contribution < 1.29 is 27.6 Å². The van der Waals surface area contributed by atoms with E-state index in [-0.39, 0.29) is 23.8 Å². The van der Waals surface area contributed by atoms with Crippen LogP contribution in [0.5, 0.6) is 0 Å². The first kappa shape index (κ1) is 14.4. The third-order valence-corrected chi connectivity index (χ3v) is 5.29. The summed E-state index contributed by atoms with van der Waals surface area (Å²) in [6, 6.07) is 1.27. The second kappa shape index (κ2) is 4.66. The van der Waals surface area contributed by atoms with Crippen LogP contribution in [0.3, 0.4) is 0 Å². The SMILES string of the molecule is O=C1C[C@@H]2CC[C@H]1[C@@H]1C(=O)N(c3cc(F)c(F)c(F)c3)C(=O)[C@H]21. The lowest BCUT2D eigenvalue weighted by atomic mass is 9.59. The van der Waals surface area contributed by atoms with Gasteiger partial charge in [0, 0.05) is 24.5 Å². The van der Waals surface area contributed by atoms with Gasteiger partial charge in [-0.05, 0) is 18.8 Å². The van der Waals surface area contributed by atoms with E-state index in [9.17, 15) is 27.6 Å². The Bertz CT molecular complexity index is 740. The molecule has 5 rings (SSSR count). The number of benzene rings is 1. The van der Waals surface area contributed by atoms with Gasteiger partial charge in [-0.3, -0.25) is 14.4 Å². The highest BCUT2D eigenvalue weighted by molar-refractivity contribution is 6.23. The van der Waals surface area contributed by atoms with Gasteiger partial charge in [0.15, 0.2) is 17.5 Å². The fraction of sp³-hybridized carbons (Fsp3) is 0.438. The van der Waals surface area contributed by atoms with E-state index in [1.165, 1.54) is 0 Å². The summed E-state index contributed by atoms with van der Waals surface area (Å²) in [6.07, 6.45) is 1.52. The summed E-state index contributed by atoms with van der Waals surface area (Å²) < 4.78 is 39.9. The van der Waals surface area contributed by atoms with Gasteiger partial charge < -0.3 is 0 Å². The van der Waals surface area contributed by atoms with Crippen molar-refractivity contribution in [3.8, 4) is 0 Å². The van der Waals surface area contributed by atoms with Crippen LogP contribution in [-0.4, -0.2) is 17.6 Å². The first-order chi connectivity index (χ1) is 10.9. The first-order valence-electron chi connectivity index (χ1n) is 7.45. The van der Waals surface area contributed by atoms with Crippen LogP contribution in [0.4, 0.5) is 18.9 Å². The smallest absolute Gasteiger partial charge is 0.238 e. The number of ketones is 1. The molecular formula is C16H12F3NO3. The maximum atomic E-state index is 13.4. The summed E-state index contributed by atoms with van der Waals surface area (Å²) in [6.45, 7) is 0. The molecule has 4 fully saturated rings. The molecule has 4 atom stereocenters. The lowest BCUT2D eigenvalue weighted by molar-refractivity contribution is -0.143. The first-order valence-corrected chi connectivity index (χ1v) is 7.45. The minimum Gasteiger partial charge on any atom is -0.299 e. The van der Waals surface area contributed by atoms with Gasteiger partial charge in [-0.1, -0.05) is 0 Å². The summed E-state index contributed by atoms with van der Waals surface area (Å²) >= 11 is 0. The molecule has 3 saturated carbocycles. The number of carbonyl (C=O) groups excluding carboxylic acids is 3. The van der Waals surface area contributed by atoms with Crippen LogP contribution in [0, 0.1) is 41.1 Å². The molecule has 4 nitrogen and oxygen atoms in total. The molecule has 1 saturated heterocycles. The summed E-state index contributed by atoms with van der Waals surface area (Å²) in [5, 5.41) is 0. The average molecular weight is 323 g/mol. The van der Waals surface area contributed by atoms with Crippen molar-refractivity contribution in [2.24, 2.45) is 23.7 Å². The number of hydrogen-bond donors (Lipinski definition) is 0. The van der Waals surface area contributed by atoms with Crippen molar-refractivity contribution in [1.29, 1.82) is 0 Å². The maximum absolute atomic E-state index is 13.4. The molecule has 0 spiro atoms. The Morgan fingerprint density at radius 3 is 2.13 bits per heavy atom. The monoisotopic (exact) mass is 323 g/mol. The molecule has 0 unspecified atom stereocenters. The van der Waals surface area contributed by atoms with Gasteiger partial charge in [0.25, 0.3) is 0 Å². The van der Waals surface area contributed by atoms with E-state index in [2.05, 4.69) is 0 Å². The van der Waals surface area contributed by atoms with E-state index in [1.807, 2.05) is 0 Å². The van der Waals surface area contributed by atoms with Crippen LogP contribution in [0.25, 0.3) is 0 Å². The topological polar surface area (TPSA) is 54.5 Å². The molecule has 0 N–H and O–H groups in total. The van der Waals surface area contributed by atoms with Crippen molar-refractivity contribution in [1.82, 2.24) is 0 Å².